The molecule has 0 N–H and O–H groups in total. The Morgan fingerprint density at radius 3 is 1.95 bits per heavy atom. The van der Waals surface area contributed by atoms with Crippen molar-refractivity contribution in [3.05, 3.63) is 77.6 Å². The zero-order valence-electron chi connectivity index (χ0n) is 12.8. The smallest absolute Gasteiger partial charge is 0.166 e. The quantitative estimate of drug-likeness (QED) is 0.724. The van der Waals surface area contributed by atoms with E-state index in [1.807, 2.05) is 55.2 Å². The van der Waals surface area contributed by atoms with Crippen molar-refractivity contribution < 1.29 is 0 Å². The minimum atomic E-state index is -0.0210. The van der Waals surface area contributed by atoms with Crippen molar-refractivity contribution in [1.29, 1.82) is 0 Å². The molecule has 0 aliphatic heterocycles. The minimum Gasteiger partial charge on any atom is -0.302 e. The molecule has 0 bridgehead atoms. The largest absolute Gasteiger partial charge is 0.302 e. The van der Waals surface area contributed by atoms with Crippen LogP contribution < -0.4 is 0 Å². The van der Waals surface area contributed by atoms with Crippen LogP contribution in [-0.4, -0.2) is 39.2 Å². The van der Waals surface area contributed by atoms with Crippen LogP contribution in [-0.2, 0) is 6.54 Å². The summed E-state index contributed by atoms with van der Waals surface area (Å²) in [5.41, 5.74) is 2.34. The second kappa shape index (κ2) is 6.49. The van der Waals surface area contributed by atoms with Crippen molar-refractivity contribution in [3.8, 4) is 0 Å². The highest BCUT2D eigenvalue weighted by atomic mass is 15.6. The van der Waals surface area contributed by atoms with Gasteiger partial charge in [-0.05, 0) is 35.6 Å². The number of tetrazole rings is 1. The van der Waals surface area contributed by atoms with Crippen LogP contribution in [0.15, 0.2) is 60.7 Å². The van der Waals surface area contributed by atoms with Gasteiger partial charge in [-0.2, -0.15) is 0 Å². The summed E-state index contributed by atoms with van der Waals surface area (Å²) in [6.45, 7) is 0.698. The molecule has 0 fully saturated rings. The molecule has 5 nitrogen and oxygen atoms in total. The average molecular weight is 293 g/mol. The number of hydrogen-bond acceptors (Lipinski definition) is 4. The van der Waals surface area contributed by atoms with E-state index in [1.54, 1.807) is 0 Å². The molecule has 0 spiro atoms. The van der Waals surface area contributed by atoms with Crippen molar-refractivity contribution in [3.63, 3.8) is 0 Å². The standard InChI is InChI=1S/C17H19N5/c1-21(2)13-16-18-19-20-22(16)17(14-9-5-3-6-10-14)15-11-7-4-8-12-15/h3-12,17H,13H2,1-2H3. The number of nitrogens with zero attached hydrogens (tertiary/aromatic N) is 5. The van der Waals surface area contributed by atoms with E-state index < -0.39 is 0 Å². The molecule has 3 aromatic rings. The summed E-state index contributed by atoms with van der Waals surface area (Å²) in [7, 11) is 4.03. The minimum absolute atomic E-state index is 0.0210. The second-order valence-corrected chi connectivity index (χ2v) is 5.50. The van der Waals surface area contributed by atoms with Crippen molar-refractivity contribution in [2.45, 2.75) is 12.6 Å². The molecule has 0 saturated carbocycles. The van der Waals surface area contributed by atoms with Crippen molar-refractivity contribution in [2.75, 3.05) is 14.1 Å². The lowest BCUT2D eigenvalue weighted by Gasteiger charge is -2.20. The summed E-state index contributed by atoms with van der Waals surface area (Å²) in [4.78, 5) is 2.06. The Labute approximate surface area is 130 Å². The third-order valence-corrected chi connectivity index (χ3v) is 3.49. The normalized spacial score (nSPS) is 11.3. The van der Waals surface area contributed by atoms with Gasteiger partial charge in [0.2, 0.25) is 0 Å². The first-order chi connectivity index (χ1) is 10.8. The van der Waals surface area contributed by atoms with Gasteiger partial charge in [0.05, 0.1) is 6.54 Å². The van der Waals surface area contributed by atoms with Crippen molar-refractivity contribution in [2.24, 2.45) is 0 Å². The third kappa shape index (κ3) is 3.04. The fraction of sp³-hybridized carbons (Fsp3) is 0.235. The predicted octanol–water partition coefficient (Wildman–Crippen LogP) is 2.37. The molecule has 0 radical (unpaired) electrons. The summed E-state index contributed by atoms with van der Waals surface area (Å²) in [5, 5.41) is 12.3. The molecule has 3 rings (SSSR count). The number of rotatable bonds is 5. The SMILES string of the molecule is CN(C)Cc1nnnn1C(c1ccccc1)c1ccccc1. The lowest BCUT2D eigenvalue weighted by molar-refractivity contribution is 0.373. The Balaban J connectivity index is 2.09. The van der Waals surface area contributed by atoms with Crippen LogP contribution in [0, 0.1) is 0 Å². The molecule has 5 heteroatoms. The van der Waals surface area contributed by atoms with E-state index in [-0.39, 0.29) is 6.04 Å². The Kier molecular flexibility index (Phi) is 4.25. The van der Waals surface area contributed by atoms with Crippen molar-refractivity contribution in [1.82, 2.24) is 25.1 Å². The van der Waals surface area contributed by atoms with Gasteiger partial charge in [-0.25, -0.2) is 4.68 Å². The van der Waals surface area contributed by atoms with E-state index in [9.17, 15) is 0 Å². The Bertz CT molecular complexity index is 667. The number of hydrogen-bond donors (Lipinski definition) is 0. The van der Waals surface area contributed by atoms with Gasteiger partial charge in [0.1, 0.15) is 6.04 Å². The van der Waals surface area contributed by atoms with E-state index >= 15 is 0 Å². The van der Waals surface area contributed by atoms with E-state index in [0.29, 0.717) is 6.54 Å². The Morgan fingerprint density at radius 2 is 1.45 bits per heavy atom. The highest BCUT2D eigenvalue weighted by Crippen LogP contribution is 2.26. The van der Waals surface area contributed by atoms with Gasteiger partial charge in [-0.1, -0.05) is 60.7 Å². The molecule has 0 amide bonds. The highest BCUT2D eigenvalue weighted by Gasteiger charge is 2.21. The Morgan fingerprint density at radius 1 is 0.909 bits per heavy atom. The van der Waals surface area contributed by atoms with E-state index in [1.165, 1.54) is 11.1 Å². The van der Waals surface area contributed by atoms with Gasteiger partial charge in [0.25, 0.3) is 0 Å². The lowest BCUT2D eigenvalue weighted by atomic mass is 9.99. The van der Waals surface area contributed by atoms with Gasteiger partial charge < -0.3 is 4.90 Å². The van der Waals surface area contributed by atoms with E-state index in [0.717, 1.165) is 5.82 Å². The molecule has 2 aromatic carbocycles. The van der Waals surface area contributed by atoms with Crippen LogP contribution in [0.1, 0.15) is 23.0 Å². The summed E-state index contributed by atoms with van der Waals surface area (Å²) >= 11 is 0. The van der Waals surface area contributed by atoms with E-state index in [4.69, 9.17) is 0 Å². The van der Waals surface area contributed by atoms with Crippen LogP contribution in [0.2, 0.25) is 0 Å². The van der Waals surface area contributed by atoms with Gasteiger partial charge in [-0.15, -0.1) is 5.10 Å². The highest BCUT2D eigenvalue weighted by molar-refractivity contribution is 5.32. The third-order valence-electron chi connectivity index (χ3n) is 3.49. The monoisotopic (exact) mass is 293 g/mol. The molecular formula is C17H19N5. The maximum atomic E-state index is 4.25. The molecule has 0 unspecified atom stereocenters. The summed E-state index contributed by atoms with van der Waals surface area (Å²) in [5.74, 6) is 0.850. The first kappa shape index (κ1) is 14.4. The fourth-order valence-electron chi connectivity index (χ4n) is 2.55. The molecule has 0 aliphatic carbocycles. The maximum Gasteiger partial charge on any atom is 0.166 e. The van der Waals surface area contributed by atoms with Gasteiger partial charge >= 0.3 is 0 Å². The molecule has 0 aliphatic rings. The zero-order chi connectivity index (χ0) is 15.4. The molecule has 0 saturated heterocycles. The van der Waals surface area contributed by atoms with E-state index in [2.05, 4.69) is 44.7 Å². The summed E-state index contributed by atoms with van der Waals surface area (Å²) < 4.78 is 1.91. The number of aromatic nitrogens is 4. The first-order valence-electron chi connectivity index (χ1n) is 7.27. The first-order valence-corrected chi connectivity index (χ1v) is 7.27. The van der Waals surface area contributed by atoms with Crippen LogP contribution in [0.25, 0.3) is 0 Å². The molecular weight excluding hydrogens is 274 g/mol. The van der Waals surface area contributed by atoms with Gasteiger partial charge in [-0.3, -0.25) is 0 Å². The maximum absolute atomic E-state index is 4.25. The molecule has 112 valence electrons. The lowest BCUT2D eigenvalue weighted by Crippen LogP contribution is -2.21. The van der Waals surface area contributed by atoms with Gasteiger partial charge in [0.15, 0.2) is 5.82 Å². The zero-order valence-corrected chi connectivity index (χ0v) is 12.8. The second-order valence-electron chi connectivity index (χ2n) is 5.50. The van der Waals surface area contributed by atoms with Gasteiger partial charge in [0, 0.05) is 0 Å². The summed E-state index contributed by atoms with van der Waals surface area (Å²) in [6.07, 6.45) is 0. The van der Waals surface area contributed by atoms with Crippen LogP contribution in [0.5, 0.6) is 0 Å². The van der Waals surface area contributed by atoms with Crippen LogP contribution in [0.4, 0.5) is 0 Å². The number of benzene rings is 2. The topological polar surface area (TPSA) is 46.8 Å². The fourth-order valence-corrected chi connectivity index (χ4v) is 2.55. The molecule has 22 heavy (non-hydrogen) atoms. The Hall–Kier alpha value is -2.53. The van der Waals surface area contributed by atoms with Crippen LogP contribution in [0.3, 0.4) is 0 Å². The molecule has 1 heterocycles. The average Bonchev–Trinajstić information content (AvgIpc) is 2.97. The predicted molar refractivity (Wildman–Crippen MR) is 85.3 cm³/mol. The molecule has 0 atom stereocenters. The van der Waals surface area contributed by atoms with Crippen molar-refractivity contribution >= 4 is 0 Å². The summed E-state index contributed by atoms with van der Waals surface area (Å²) in [6, 6.07) is 20.6. The molecule has 1 aromatic heterocycles. The van der Waals surface area contributed by atoms with Crippen LogP contribution >= 0.6 is 0 Å².